The van der Waals surface area contributed by atoms with Gasteiger partial charge in [0.2, 0.25) is 6.79 Å². The summed E-state index contributed by atoms with van der Waals surface area (Å²) in [5, 5.41) is 14.9. The van der Waals surface area contributed by atoms with Crippen molar-refractivity contribution in [1.29, 1.82) is 0 Å². The summed E-state index contributed by atoms with van der Waals surface area (Å²) in [5.41, 5.74) is 2.21. The zero-order valence-electron chi connectivity index (χ0n) is 13.2. The Kier molecular flexibility index (Phi) is 5.32. The van der Waals surface area contributed by atoms with E-state index in [1.165, 1.54) is 12.1 Å². The third-order valence-corrected chi connectivity index (χ3v) is 3.77. The Morgan fingerprint density at radius 1 is 1.35 bits per heavy atom. The molecule has 10 heteroatoms. The highest BCUT2D eigenvalue weighted by atomic mass is 79.9. The molecule has 0 fully saturated rings. The highest BCUT2D eigenvalue weighted by molar-refractivity contribution is 9.10. The van der Waals surface area contributed by atoms with E-state index in [4.69, 9.17) is 14.2 Å². The van der Waals surface area contributed by atoms with Crippen LogP contribution in [0.4, 0.5) is 5.69 Å². The summed E-state index contributed by atoms with van der Waals surface area (Å²) in [5.74, 6) is 0.677. The van der Waals surface area contributed by atoms with Gasteiger partial charge in [0.25, 0.3) is 11.6 Å². The standard InChI is InChI=1S/C16H12BrN3O6/c17-11-2-1-3-12(5-11)24-8-16(21)19-18-7-10-4-14-15(26-9-25-14)6-13(10)20(22)23/h1-7H,8-9H2,(H,19,21)/b18-7-. The van der Waals surface area contributed by atoms with Crippen LogP contribution in [-0.4, -0.2) is 30.4 Å². The van der Waals surface area contributed by atoms with E-state index in [0.717, 1.165) is 10.7 Å². The number of amides is 1. The molecule has 1 heterocycles. The van der Waals surface area contributed by atoms with E-state index in [9.17, 15) is 14.9 Å². The number of hydrogen-bond acceptors (Lipinski definition) is 7. The fourth-order valence-electron chi connectivity index (χ4n) is 2.12. The molecule has 1 aliphatic heterocycles. The quantitative estimate of drug-likeness (QED) is 0.435. The van der Waals surface area contributed by atoms with Crippen LogP contribution >= 0.6 is 15.9 Å². The normalized spacial score (nSPS) is 12.2. The van der Waals surface area contributed by atoms with Crippen molar-refractivity contribution in [3.8, 4) is 17.2 Å². The smallest absolute Gasteiger partial charge is 0.282 e. The van der Waals surface area contributed by atoms with E-state index in [2.05, 4.69) is 26.5 Å². The number of ether oxygens (including phenoxy) is 3. The number of benzene rings is 2. The molecule has 1 N–H and O–H groups in total. The van der Waals surface area contributed by atoms with Crippen molar-refractivity contribution >= 4 is 33.7 Å². The fourth-order valence-corrected chi connectivity index (χ4v) is 2.50. The van der Waals surface area contributed by atoms with Crippen molar-refractivity contribution in [3.05, 3.63) is 56.5 Å². The number of nitro benzene ring substituents is 1. The monoisotopic (exact) mass is 421 g/mol. The fraction of sp³-hybridized carbons (Fsp3) is 0.125. The number of rotatable bonds is 6. The first kappa shape index (κ1) is 17.7. The van der Waals surface area contributed by atoms with E-state index in [1.807, 2.05) is 6.07 Å². The summed E-state index contributed by atoms with van der Waals surface area (Å²) in [6.45, 7) is -0.256. The number of halogens is 1. The first-order chi connectivity index (χ1) is 12.5. The molecule has 0 saturated heterocycles. The molecule has 9 nitrogen and oxygen atoms in total. The molecule has 2 aromatic carbocycles. The lowest BCUT2D eigenvalue weighted by Gasteiger charge is -2.05. The predicted molar refractivity (Wildman–Crippen MR) is 94.6 cm³/mol. The van der Waals surface area contributed by atoms with Gasteiger partial charge in [0.15, 0.2) is 18.1 Å². The van der Waals surface area contributed by atoms with Gasteiger partial charge in [0.05, 0.1) is 22.8 Å². The average molecular weight is 422 g/mol. The van der Waals surface area contributed by atoms with Crippen LogP contribution in [0.1, 0.15) is 5.56 Å². The van der Waals surface area contributed by atoms with Crippen LogP contribution in [0.3, 0.4) is 0 Å². The van der Waals surface area contributed by atoms with E-state index >= 15 is 0 Å². The largest absolute Gasteiger partial charge is 0.484 e. The lowest BCUT2D eigenvalue weighted by molar-refractivity contribution is -0.385. The van der Waals surface area contributed by atoms with Gasteiger partial charge in [-0.3, -0.25) is 14.9 Å². The Hall–Kier alpha value is -3.14. The Morgan fingerprint density at radius 2 is 2.12 bits per heavy atom. The minimum atomic E-state index is -0.568. The second-order valence-corrected chi connectivity index (χ2v) is 5.98. The minimum Gasteiger partial charge on any atom is -0.484 e. The van der Waals surface area contributed by atoms with Gasteiger partial charge in [-0.05, 0) is 24.3 Å². The average Bonchev–Trinajstić information content (AvgIpc) is 3.06. The number of nitro groups is 1. The summed E-state index contributed by atoms with van der Waals surface area (Å²) in [6, 6.07) is 9.70. The van der Waals surface area contributed by atoms with Gasteiger partial charge >= 0.3 is 0 Å². The second kappa shape index (κ2) is 7.83. The van der Waals surface area contributed by atoms with E-state index < -0.39 is 10.8 Å². The number of hydrazone groups is 1. The molecule has 0 unspecified atom stereocenters. The number of nitrogens with zero attached hydrogens (tertiary/aromatic N) is 2. The van der Waals surface area contributed by atoms with Gasteiger partial charge in [-0.2, -0.15) is 5.10 Å². The van der Waals surface area contributed by atoms with Gasteiger partial charge in [-0.25, -0.2) is 5.43 Å². The summed E-state index contributed by atoms with van der Waals surface area (Å²) >= 11 is 3.30. The van der Waals surface area contributed by atoms with E-state index in [0.29, 0.717) is 17.2 Å². The molecule has 26 heavy (non-hydrogen) atoms. The van der Waals surface area contributed by atoms with Crippen LogP contribution in [0.5, 0.6) is 17.2 Å². The summed E-state index contributed by atoms with van der Waals surface area (Å²) in [4.78, 5) is 22.3. The van der Waals surface area contributed by atoms with Gasteiger partial charge in [0, 0.05) is 4.47 Å². The third-order valence-electron chi connectivity index (χ3n) is 3.28. The van der Waals surface area contributed by atoms with Crippen molar-refractivity contribution in [2.45, 2.75) is 0 Å². The number of hydrogen-bond donors (Lipinski definition) is 1. The topological polar surface area (TPSA) is 112 Å². The minimum absolute atomic E-state index is 0.00322. The summed E-state index contributed by atoms with van der Waals surface area (Å²) in [6.07, 6.45) is 1.16. The first-order valence-corrected chi connectivity index (χ1v) is 8.10. The molecule has 0 bridgehead atoms. The van der Waals surface area contributed by atoms with Crippen molar-refractivity contribution in [2.75, 3.05) is 13.4 Å². The van der Waals surface area contributed by atoms with Crippen LogP contribution < -0.4 is 19.6 Å². The van der Waals surface area contributed by atoms with Crippen molar-refractivity contribution in [2.24, 2.45) is 5.10 Å². The van der Waals surface area contributed by atoms with Gasteiger partial charge in [0.1, 0.15) is 5.75 Å². The molecular formula is C16H12BrN3O6. The predicted octanol–water partition coefficient (Wildman–Crippen LogP) is 2.62. The molecular weight excluding hydrogens is 410 g/mol. The maximum atomic E-state index is 11.8. The van der Waals surface area contributed by atoms with Crippen LogP contribution in [0.25, 0.3) is 0 Å². The molecule has 0 saturated carbocycles. The van der Waals surface area contributed by atoms with Crippen molar-refractivity contribution < 1.29 is 23.9 Å². The molecule has 1 amide bonds. The van der Waals surface area contributed by atoms with Gasteiger partial charge < -0.3 is 14.2 Å². The number of carbonyl (C=O) groups is 1. The molecule has 0 atom stereocenters. The first-order valence-electron chi connectivity index (χ1n) is 7.31. The lowest BCUT2D eigenvalue weighted by Crippen LogP contribution is -2.24. The third kappa shape index (κ3) is 4.28. The Morgan fingerprint density at radius 3 is 2.85 bits per heavy atom. The van der Waals surface area contributed by atoms with Gasteiger partial charge in [-0.15, -0.1) is 0 Å². The SMILES string of the molecule is O=C(COc1cccc(Br)c1)N/N=C\c1cc2c(cc1[N+](=O)[O-])OCO2. The van der Waals surface area contributed by atoms with Gasteiger partial charge in [-0.1, -0.05) is 22.0 Å². The molecule has 2 aromatic rings. The zero-order valence-corrected chi connectivity index (χ0v) is 14.8. The van der Waals surface area contributed by atoms with Crippen LogP contribution in [0.15, 0.2) is 46.0 Å². The zero-order chi connectivity index (χ0) is 18.5. The molecule has 3 rings (SSSR count). The highest BCUT2D eigenvalue weighted by Crippen LogP contribution is 2.37. The summed E-state index contributed by atoms with van der Waals surface area (Å²) in [7, 11) is 0. The number of carbonyl (C=O) groups excluding carboxylic acids is 1. The Labute approximate surface area is 155 Å². The molecule has 0 spiro atoms. The number of nitrogens with one attached hydrogen (secondary N) is 1. The van der Waals surface area contributed by atoms with Crippen LogP contribution in [0.2, 0.25) is 0 Å². The highest BCUT2D eigenvalue weighted by Gasteiger charge is 2.22. The van der Waals surface area contributed by atoms with Crippen molar-refractivity contribution in [1.82, 2.24) is 5.43 Å². The van der Waals surface area contributed by atoms with Crippen LogP contribution in [-0.2, 0) is 4.79 Å². The van der Waals surface area contributed by atoms with E-state index in [-0.39, 0.29) is 24.7 Å². The lowest BCUT2D eigenvalue weighted by atomic mass is 10.1. The molecule has 0 aromatic heterocycles. The Bertz CT molecular complexity index is 886. The molecule has 134 valence electrons. The maximum Gasteiger partial charge on any atom is 0.282 e. The van der Waals surface area contributed by atoms with Crippen molar-refractivity contribution in [3.63, 3.8) is 0 Å². The Balaban J connectivity index is 1.61. The molecule has 0 aliphatic carbocycles. The molecule has 0 radical (unpaired) electrons. The maximum absolute atomic E-state index is 11.8. The molecule has 1 aliphatic rings. The second-order valence-electron chi connectivity index (χ2n) is 5.06. The number of fused-ring (bicyclic) bond motifs is 1. The van der Waals surface area contributed by atoms with E-state index in [1.54, 1.807) is 18.2 Å². The van der Waals surface area contributed by atoms with Crippen LogP contribution in [0, 0.1) is 10.1 Å². The summed E-state index contributed by atoms with van der Waals surface area (Å²) < 4.78 is 16.4.